The number of hydrogen-bond acceptors (Lipinski definition) is 4. The molecule has 6 nitrogen and oxygen atoms in total. The van der Waals surface area contributed by atoms with Crippen molar-refractivity contribution < 1.29 is 14.7 Å². The largest absolute Gasteiger partial charge is 0.477 e. The number of carboxylic acid groups (broad SMARTS) is 1. The van der Waals surface area contributed by atoms with E-state index in [0.717, 1.165) is 5.69 Å². The van der Waals surface area contributed by atoms with E-state index in [1.54, 1.807) is 11.1 Å². The number of carbonyl (C=O) groups is 2. The summed E-state index contributed by atoms with van der Waals surface area (Å²) in [4.78, 5) is 32.8. The van der Waals surface area contributed by atoms with Gasteiger partial charge < -0.3 is 10.0 Å². The molecule has 0 fully saturated rings. The number of amides is 1. The van der Waals surface area contributed by atoms with Crippen LogP contribution in [-0.2, 0) is 6.54 Å². The highest BCUT2D eigenvalue weighted by Crippen LogP contribution is 2.09. The SMILES string of the molecule is CCN(Cc1ccccn1)C(=O)c1ccnc(C(=O)O)c1. The Labute approximate surface area is 122 Å². The normalized spacial score (nSPS) is 10.1. The summed E-state index contributed by atoms with van der Waals surface area (Å²) in [5.74, 6) is -1.40. The van der Waals surface area contributed by atoms with E-state index in [9.17, 15) is 9.59 Å². The van der Waals surface area contributed by atoms with Gasteiger partial charge in [-0.2, -0.15) is 0 Å². The summed E-state index contributed by atoms with van der Waals surface area (Å²) in [5.41, 5.74) is 0.940. The van der Waals surface area contributed by atoms with E-state index in [0.29, 0.717) is 18.7 Å². The number of carbonyl (C=O) groups excluding carboxylic acids is 1. The molecule has 0 atom stereocenters. The Bertz CT molecular complexity index is 644. The number of nitrogens with zero attached hydrogens (tertiary/aromatic N) is 3. The van der Waals surface area contributed by atoms with Crippen LogP contribution in [-0.4, -0.2) is 38.4 Å². The molecule has 2 rings (SSSR count). The molecule has 0 radical (unpaired) electrons. The number of pyridine rings is 2. The van der Waals surface area contributed by atoms with Gasteiger partial charge in [0.2, 0.25) is 0 Å². The van der Waals surface area contributed by atoms with Crippen LogP contribution in [0.15, 0.2) is 42.7 Å². The zero-order valence-corrected chi connectivity index (χ0v) is 11.6. The van der Waals surface area contributed by atoms with Gasteiger partial charge in [-0.05, 0) is 31.2 Å². The lowest BCUT2D eigenvalue weighted by Gasteiger charge is -2.20. The lowest BCUT2D eigenvalue weighted by Crippen LogP contribution is -2.30. The molecule has 21 heavy (non-hydrogen) atoms. The fraction of sp³-hybridized carbons (Fsp3) is 0.200. The van der Waals surface area contributed by atoms with E-state index in [4.69, 9.17) is 5.11 Å². The molecule has 0 aromatic carbocycles. The third-order valence-corrected chi connectivity index (χ3v) is 2.97. The van der Waals surface area contributed by atoms with Crippen molar-refractivity contribution in [3.63, 3.8) is 0 Å². The molecule has 0 saturated heterocycles. The van der Waals surface area contributed by atoms with E-state index < -0.39 is 5.97 Å². The van der Waals surface area contributed by atoms with Crippen molar-refractivity contribution in [2.75, 3.05) is 6.54 Å². The molecule has 1 N–H and O–H groups in total. The Morgan fingerprint density at radius 1 is 1.19 bits per heavy atom. The van der Waals surface area contributed by atoms with Crippen LogP contribution in [0.4, 0.5) is 0 Å². The summed E-state index contributed by atoms with van der Waals surface area (Å²) < 4.78 is 0. The molecule has 2 heterocycles. The third-order valence-electron chi connectivity index (χ3n) is 2.97. The molecule has 0 aliphatic heterocycles. The Balaban J connectivity index is 2.20. The van der Waals surface area contributed by atoms with Gasteiger partial charge in [0.15, 0.2) is 0 Å². The van der Waals surface area contributed by atoms with Crippen LogP contribution in [0.1, 0.15) is 33.5 Å². The number of aromatic carboxylic acids is 1. The Kier molecular flexibility index (Phi) is 4.61. The Morgan fingerprint density at radius 3 is 2.62 bits per heavy atom. The van der Waals surface area contributed by atoms with Gasteiger partial charge in [0.1, 0.15) is 5.69 Å². The first kappa shape index (κ1) is 14.6. The van der Waals surface area contributed by atoms with Crippen LogP contribution in [0.2, 0.25) is 0 Å². The highest BCUT2D eigenvalue weighted by molar-refractivity contribution is 5.96. The summed E-state index contributed by atoms with van der Waals surface area (Å²) in [5, 5.41) is 8.92. The van der Waals surface area contributed by atoms with E-state index >= 15 is 0 Å². The van der Waals surface area contributed by atoms with Crippen LogP contribution >= 0.6 is 0 Å². The van der Waals surface area contributed by atoms with Gasteiger partial charge in [-0.1, -0.05) is 6.07 Å². The zero-order valence-electron chi connectivity index (χ0n) is 11.6. The van der Waals surface area contributed by atoms with Crippen LogP contribution in [0.3, 0.4) is 0 Å². The van der Waals surface area contributed by atoms with Gasteiger partial charge in [0.25, 0.3) is 5.91 Å². The maximum atomic E-state index is 12.4. The van der Waals surface area contributed by atoms with E-state index in [1.165, 1.54) is 18.3 Å². The second kappa shape index (κ2) is 6.60. The molecule has 108 valence electrons. The highest BCUT2D eigenvalue weighted by atomic mass is 16.4. The second-order valence-corrected chi connectivity index (χ2v) is 4.38. The van der Waals surface area contributed by atoms with E-state index in [-0.39, 0.29) is 11.6 Å². The third kappa shape index (κ3) is 3.62. The lowest BCUT2D eigenvalue weighted by molar-refractivity contribution is 0.0690. The molecule has 1 amide bonds. The van der Waals surface area contributed by atoms with Crippen molar-refractivity contribution in [1.29, 1.82) is 0 Å². The molecule has 6 heteroatoms. The molecule has 0 aliphatic carbocycles. The van der Waals surface area contributed by atoms with Gasteiger partial charge >= 0.3 is 5.97 Å². The Morgan fingerprint density at radius 2 is 2.00 bits per heavy atom. The minimum Gasteiger partial charge on any atom is -0.477 e. The van der Waals surface area contributed by atoms with Crippen LogP contribution in [0, 0.1) is 0 Å². The summed E-state index contributed by atoms with van der Waals surface area (Å²) in [7, 11) is 0. The summed E-state index contributed by atoms with van der Waals surface area (Å²) in [6.07, 6.45) is 2.99. The number of hydrogen-bond donors (Lipinski definition) is 1. The summed E-state index contributed by atoms with van der Waals surface area (Å²) in [6, 6.07) is 8.30. The van der Waals surface area contributed by atoms with Crippen molar-refractivity contribution in [3.05, 3.63) is 59.7 Å². The Hall–Kier alpha value is -2.76. The van der Waals surface area contributed by atoms with Gasteiger partial charge in [-0.25, -0.2) is 9.78 Å². The molecule has 0 aliphatic rings. The first-order valence-electron chi connectivity index (χ1n) is 6.50. The molecule has 0 saturated carbocycles. The van der Waals surface area contributed by atoms with Crippen LogP contribution in [0.5, 0.6) is 0 Å². The minimum atomic E-state index is -1.16. The van der Waals surface area contributed by atoms with E-state index in [2.05, 4.69) is 9.97 Å². The highest BCUT2D eigenvalue weighted by Gasteiger charge is 2.17. The van der Waals surface area contributed by atoms with Crippen molar-refractivity contribution in [1.82, 2.24) is 14.9 Å². The predicted molar refractivity (Wildman–Crippen MR) is 75.8 cm³/mol. The standard InChI is InChI=1S/C15H15N3O3/c1-2-18(10-12-5-3-4-7-16-12)14(19)11-6-8-17-13(9-11)15(20)21/h3-9H,2,10H2,1H3,(H,20,21). The molecule has 2 aromatic heterocycles. The summed E-state index contributed by atoms with van der Waals surface area (Å²) in [6.45, 7) is 2.74. The monoisotopic (exact) mass is 285 g/mol. The van der Waals surface area contributed by atoms with Crippen molar-refractivity contribution >= 4 is 11.9 Å². The number of aromatic nitrogens is 2. The fourth-order valence-electron chi connectivity index (χ4n) is 1.88. The molecule has 0 bridgehead atoms. The van der Waals surface area contributed by atoms with Crippen LogP contribution in [0.25, 0.3) is 0 Å². The quantitative estimate of drug-likeness (QED) is 0.906. The van der Waals surface area contributed by atoms with Crippen LogP contribution < -0.4 is 0 Å². The maximum absolute atomic E-state index is 12.4. The van der Waals surface area contributed by atoms with Gasteiger partial charge in [0.05, 0.1) is 12.2 Å². The number of rotatable bonds is 5. The summed E-state index contributed by atoms with van der Waals surface area (Å²) >= 11 is 0. The van der Waals surface area contributed by atoms with Gasteiger partial charge in [-0.3, -0.25) is 9.78 Å². The molecule has 2 aromatic rings. The maximum Gasteiger partial charge on any atom is 0.354 e. The average molecular weight is 285 g/mol. The van der Waals surface area contributed by atoms with Crippen molar-refractivity contribution in [3.8, 4) is 0 Å². The minimum absolute atomic E-state index is 0.144. The molecular weight excluding hydrogens is 270 g/mol. The zero-order chi connectivity index (χ0) is 15.2. The first-order chi connectivity index (χ1) is 10.1. The molecular formula is C15H15N3O3. The number of carboxylic acids is 1. The lowest BCUT2D eigenvalue weighted by atomic mass is 10.2. The second-order valence-electron chi connectivity index (χ2n) is 4.38. The first-order valence-corrected chi connectivity index (χ1v) is 6.50. The predicted octanol–water partition coefficient (Wildman–Crippen LogP) is 1.84. The van der Waals surface area contributed by atoms with Crippen molar-refractivity contribution in [2.24, 2.45) is 0 Å². The topological polar surface area (TPSA) is 83.4 Å². The molecule has 0 spiro atoms. The smallest absolute Gasteiger partial charge is 0.354 e. The van der Waals surface area contributed by atoms with Gasteiger partial charge in [-0.15, -0.1) is 0 Å². The fourth-order valence-corrected chi connectivity index (χ4v) is 1.88. The van der Waals surface area contributed by atoms with Gasteiger partial charge in [0, 0.05) is 24.5 Å². The molecule has 0 unspecified atom stereocenters. The average Bonchev–Trinajstić information content (AvgIpc) is 2.53. The van der Waals surface area contributed by atoms with Crippen molar-refractivity contribution in [2.45, 2.75) is 13.5 Å². The van der Waals surface area contributed by atoms with E-state index in [1.807, 2.05) is 25.1 Å².